The number of fused-ring (bicyclic) bond motifs is 1. The van der Waals surface area contributed by atoms with Crippen molar-refractivity contribution in [2.75, 3.05) is 6.54 Å². The second-order valence-corrected chi connectivity index (χ2v) is 3.97. The van der Waals surface area contributed by atoms with Crippen LogP contribution in [0, 0.1) is 0 Å². The highest BCUT2D eigenvalue weighted by atomic mass is 16.1. The molecule has 0 amide bonds. The van der Waals surface area contributed by atoms with Gasteiger partial charge in [0.15, 0.2) is 0 Å². The Kier molecular flexibility index (Phi) is 2.37. The van der Waals surface area contributed by atoms with E-state index < -0.39 is 0 Å². The van der Waals surface area contributed by atoms with Crippen molar-refractivity contribution in [2.45, 2.75) is 32.9 Å². The molecule has 0 bridgehead atoms. The largest absolute Gasteiger partial charge is 0.313 e. The van der Waals surface area contributed by atoms with Gasteiger partial charge in [-0.2, -0.15) is 0 Å². The van der Waals surface area contributed by atoms with Crippen LogP contribution in [0.25, 0.3) is 0 Å². The van der Waals surface area contributed by atoms with Crippen molar-refractivity contribution in [1.82, 2.24) is 14.9 Å². The number of nitrogens with zero attached hydrogens (tertiary/aromatic N) is 2. The summed E-state index contributed by atoms with van der Waals surface area (Å²) in [7, 11) is 0. The molecule has 0 saturated carbocycles. The van der Waals surface area contributed by atoms with E-state index >= 15 is 0 Å². The minimum absolute atomic E-state index is 0.0142. The molecule has 0 spiro atoms. The van der Waals surface area contributed by atoms with E-state index in [1.54, 1.807) is 0 Å². The summed E-state index contributed by atoms with van der Waals surface area (Å²) in [5, 5.41) is 0. The zero-order valence-corrected chi connectivity index (χ0v) is 8.58. The Morgan fingerprint density at radius 2 is 2.36 bits per heavy atom. The summed E-state index contributed by atoms with van der Waals surface area (Å²) in [6.07, 6.45) is 2.38. The summed E-state index contributed by atoms with van der Waals surface area (Å²) in [5.74, 6) is 0. The van der Waals surface area contributed by atoms with E-state index in [1.807, 2.05) is 0 Å². The fourth-order valence-electron chi connectivity index (χ4n) is 1.82. The van der Waals surface area contributed by atoms with E-state index in [9.17, 15) is 4.79 Å². The molecular weight excluding hydrogens is 178 g/mol. The van der Waals surface area contributed by atoms with Crippen LogP contribution in [-0.4, -0.2) is 27.5 Å². The predicted octanol–water partition coefficient (Wildman–Crippen LogP) is 0.536. The lowest BCUT2D eigenvalue weighted by atomic mass is 10.1. The smallest absolute Gasteiger partial charge is 0.255 e. The van der Waals surface area contributed by atoms with Crippen molar-refractivity contribution >= 4 is 0 Å². The number of aromatic nitrogens is 2. The zero-order chi connectivity index (χ0) is 10.1. The third-order valence-electron chi connectivity index (χ3n) is 2.77. The summed E-state index contributed by atoms with van der Waals surface area (Å²) in [4.78, 5) is 20.6. The molecule has 1 aliphatic rings. The van der Waals surface area contributed by atoms with Crippen LogP contribution >= 0.6 is 0 Å². The molecule has 14 heavy (non-hydrogen) atoms. The molecule has 0 saturated heterocycles. The minimum atomic E-state index is 0.0142. The molecule has 1 aromatic rings. The van der Waals surface area contributed by atoms with Crippen LogP contribution in [0.3, 0.4) is 0 Å². The highest BCUT2D eigenvalue weighted by Crippen LogP contribution is 2.14. The van der Waals surface area contributed by atoms with Gasteiger partial charge in [0.2, 0.25) is 0 Å². The van der Waals surface area contributed by atoms with E-state index in [-0.39, 0.29) is 5.56 Å². The number of nitrogens with one attached hydrogen (secondary N) is 1. The van der Waals surface area contributed by atoms with Crippen LogP contribution in [0.1, 0.15) is 25.1 Å². The first-order valence-electron chi connectivity index (χ1n) is 4.98. The summed E-state index contributed by atoms with van der Waals surface area (Å²) >= 11 is 0. The summed E-state index contributed by atoms with van der Waals surface area (Å²) in [6, 6.07) is 0.489. The summed E-state index contributed by atoms with van der Waals surface area (Å²) in [5.41, 5.74) is 1.82. The molecule has 0 atom stereocenters. The Balaban J connectivity index is 2.34. The Hall–Kier alpha value is -1.16. The van der Waals surface area contributed by atoms with E-state index in [4.69, 9.17) is 0 Å². The van der Waals surface area contributed by atoms with Crippen molar-refractivity contribution in [1.29, 1.82) is 0 Å². The third kappa shape index (κ3) is 1.57. The standard InChI is InChI=1S/C10H15N3O/c1-7(2)13-4-3-9-8(5-13)10(14)12-6-11-9/h6-7H,3-5H2,1-2H3,(H,11,12,14). The molecule has 1 aliphatic heterocycles. The van der Waals surface area contributed by atoms with Gasteiger partial charge in [-0.3, -0.25) is 9.69 Å². The molecule has 4 heteroatoms. The average molecular weight is 193 g/mol. The Morgan fingerprint density at radius 3 is 3.07 bits per heavy atom. The van der Waals surface area contributed by atoms with E-state index in [1.165, 1.54) is 6.33 Å². The number of H-pyrrole nitrogens is 1. The number of aromatic amines is 1. The molecule has 1 aromatic heterocycles. The van der Waals surface area contributed by atoms with Gasteiger partial charge < -0.3 is 4.98 Å². The lowest BCUT2D eigenvalue weighted by Crippen LogP contribution is -2.39. The molecule has 76 valence electrons. The molecular formula is C10H15N3O. The SMILES string of the molecule is CC(C)N1CCc2nc[nH]c(=O)c2C1. The molecule has 0 unspecified atom stereocenters. The molecule has 0 aliphatic carbocycles. The lowest BCUT2D eigenvalue weighted by molar-refractivity contribution is 0.200. The fourth-order valence-corrected chi connectivity index (χ4v) is 1.82. The van der Waals surface area contributed by atoms with Crippen LogP contribution in [-0.2, 0) is 13.0 Å². The predicted molar refractivity (Wildman–Crippen MR) is 54.1 cm³/mol. The second-order valence-electron chi connectivity index (χ2n) is 3.97. The molecule has 0 aromatic carbocycles. The van der Waals surface area contributed by atoms with Gasteiger partial charge in [0.1, 0.15) is 0 Å². The van der Waals surface area contributed by atoms with Crippen LogP contribution < -0.4 is 5.56 Å². The van der Waals surface area contributed by atoms with Gasteiger partial charge in [-0.1, -0.05) is 0 Å². The van der Waals surface area contributed by atoms with Gasteiger partial charge >= 0.3 is 0 Å². The monoisotopic (exact) mass is 193 g/mol. The Labute approximate surface area is 83.0 Å². The van der Waals surface area contributed by atoms with Crippen LogP contribution in [0.5, 0.6) is 0 Å². The van der Waals surface area contributed by atoms with Crippen molar-refractivity contribution in [3.8, 4) is 0 Å². The maximum Gasteiger partial charge on any atom is 0.255 e. The van der Waals surface area contributed by atoms with Gasteiger partial charge in [-0.05, 0) is 13.8 Å². The first-order valence-corrected chi connectivity index (χ1v) is 4.98. The number of rotatable bonds is 1. The van der Waals surface area contributed by atoms with Crippen molar-refractivity contribution in [2.24, 2.45) is 0 Å². The molecule has 0 radical (unpaired) electrons. The third-order valence-corrected chi connectivity index (χ3v) is 2.77. The fraction of sp³-hybridized carbons (Fsp3) is 0.600. The summed E-state index contributed by atoms with van der Waals surface area (Å²) < 4.78 is 0. The van der Waals surface area contributed by atoms with Gasteiger partial charge in [-0.15, -0.1) is 0 Å². The molecule has 0 fully saturated rings. The summed E-state index contributed by atoms with van der Waals surface area (Å²) in [6.45, 7) is 6.03. The molecule has 2 heterocycles. The van der Waals surface area contributed by atoms with Gasteiger partial charge in [-0.25, -0.2) is 4.98 Å². The highest BCUT2D eigenvalue weighted by molar-refractivity contribution is 5.19. The zero-order valence-electron chi connectivity index (χ0n) is 8.58. The molecule has 1 N–H and O–H groups in total. The highest BCUT2D eigenvalue weighted by Gasteiger charge is 2.21. The molecule has 2 rings (SSSR count). The maximum absolute atomic E-state index is 11.5. The van der Waals surface area contributed by atoms with Crippen molar-refractivity contribution in [3.63, 3.8) is 0 Å². The first-order chi connectivity index (χ1) is 6.68. The van der Waals surface area contributed by atoms with Crippen LogP contribution in [0.15, 0.2) is 11.1 Å². The van der Waals surface area contributed by atoms with E-state index in [2.05, 4.69) is 28.7 Å². The Bertz CT molecular complexity index is 383. The van der Waals surface area contributed by atoms with Gasteiger partial charge in [0.25, 0.3) is 5.56 Å². The first kappa shape index (κ1) is 9.40. The van der Waals surface area contributed by atoms with Crippen molar-refractivity contribution < 1.29 is 0 Å². The van der Waals surface area contributed by atoms with Crippen LogP contribution in [0.4, 0.5) is 0 Å². The lowest BCUT2D eigenvalue weighted by Gasteiger charge is -2.30. The van der Waals surface area contributed by atoms with E-state index in [0.717, 1.165) is 30.8 Å². The van der Waals surface area contributed by atoms with Crippen molar-refractivity contribution in [3.05, 3.63) is 27.9 Å². The van der Waals surface area contributed by atoms with Gasteiger partial charge in [0.05, 0.1) is 17.6 Å². The van der Waals surface area contributed by atoms with Crippen LogP contribution in [0.2, 0.25) is 0 Å². The van der Waals surface area contributed by atoms with E-state index in [0.29, 0.717) is 6.04 Å². The minimum Gasteiger partial charge on any atom is -0.313 e. The second kappa shape index (κ2) is 3.53. The topological polar surface area (TPSA) is 49.0 Å². The normalized spacial score (nSPS) is 17.1. The maximum atomic E-state index is 11.5. The number of hydrogen-bond donors (Lipinski definition) is 1. The molecule has 4 nitrogen and oxygen atoms in total. The average Bonchev–Trinajstić information content (AvgIpc) is 2.18. The quantitative estimate of drug-likeness (QED) is 0.708. The van der Waals surface area contributed by atoms with Gasteiger partial charge in [0, 0.05) is 25.6 Å². The number of hydrogen-bond acceptors (Lipinski definition) is 3. The Morgan fingerprint density at radius 1 is 1.57 bits per heavy atom.